The first-order valence-electron chi connectivity index (χ1n) is 8.11. The summed E-state index contributed by atoms with van der Waals surface area (Å²) in [6.07, 6.45) is 2.10. The third-order valence-electron chi connectivity index (χ3n) is 4.24. The van der Waals surface area contributed by atoms with Crippen molar-refractivity contribution in [2.45, 2.75) is 19.4 Å². The number of carbonyl (C=O) groups excluding carboxylic acids is 1. The SMILES string of the molecule is COc1cccc(C[NH2+]CC(=O)N2CCCc3ccccc32)c1. The van der Waals surface area contributed by atoms with Crippen LogP contribution in [0.1, 0.15) is 17.5 Å². The minimum absolute atomic E-state index is 0.181. The Balaban J connectivity index is 1.58. The number of amides is 1. The highest BCUT2D eigenvalue weighted by molar-refractivity contribution is 5.95. The van der Waals surface area contributed by atoms with Crippen LogP contribution in [0.25, 0.3) is 0 Å². The van der Waals surface area contributed by atoms with E-state index in [2.05, 4.69) is 18.2 Å². The van der Waals surface area contributed by atoms with Crippen LogP contribution >= 0.6 is 0 Å². The Morgan fingerprint density at radius 1 is 1.22 bits per heavy atom. The summed E-state index contributed by atoms with van der Waals surface area (Å²) in [6.45, 7) is 2.06. The van der Waals surface area contributed by atoms with Gasteiger partial charge in [0, 0.05) is 17.8 Å². The van der Waals surface area contributed by atoms with Gasteiger partial charge in [0.15, 0.2) is 6.54 Å². The second kappa shape index (κ2) is 7.29. The molecule has 0 fully saturated rings. The van der Waals surface area contributed by atoms with Gasteiger partial charge in [0.1, 0.15) is 12.3 Å². The zero-order valence-corrected chi connectivity index (χ0v) is 13.5. The minimum Gasteiger partial charge on any atom is -0.497 e. The first-order valence-corrected chi connectivity index (χ1v) is 8.11. The third-order valence-corrected chi connectivity index (χ3v) is 4.24. The van der Waals surface area contributed by atoms with Crippen LogP contribution in [-0.2, 0) is 17.8 Å². The quantitative estimate of drug-likeness (QED) is 0.914. The van der Waals surface area contributed by atoms with Gasteiger partial charge in [-0.15, -0.1) is 0 Å². The van der Waals surface area contributed by atoms with Gasteiger partial charge in [-0.05, 0) is 36.6 Å². The average Bonchev–Trinajstić information content (AvgIpc) is 2.61. The molecule has 1 heterocycles. The molecular weight excluding hydrogens is 288 g/mol. The highest BCUT2D eigenvalue weighted by Gasteiger charge is 2.22. The number of anilines is 1. The average molecular weight is 311 g/mol. The topological polar surface area (TPSA) is 46.1 Å². The maximum absolute atomic E-state index is 12.5. The van der Waals surface area contributed by atoms with Crippen molar-refractivity contribution in [3.63, 3.8) is 0 Å². The lowest BCUT2D eigenvalue weighted by Gasteiger charge is -2.28. The molecule has 0 aliphatic carbocycles. The lowest BCUT2D eigenvalue weighted by molar-refractivity contribution is -0.659. The largest absolute Gasteiger partial charge is 0.497 e. The lowest BCUT2D eigenvalue weighted by atomic mass is 10.0. The predicted octanol–water partition coefficient (Wildman–Crippen LogP) is 1.74. The summed E-state index contributed by atoms with van der Waals surface area (Å²) < 4.78 is 5.23. The predicted molar refractivity (Wildman–Crippen MR) is 90.6 cm³/mol. The molecule has 0 saturated heterocycles. The molecule has 4 heteroatoms. The van der Waals surface area contributed by atoms with Crippen molar-refractivity contribution in [3.8, 4) is 5.75 Å². The fourth-order valence-corrected chi connectivity index (χ4v) is 3.06. The van der Waals surface area contributed by atoms with Crippen molar-refractivity contribution in [1.82, 2.24) is 0 Å². The lowest BCUT2D eigenvalue weighted by Crippen LogP contribution is -2.85. The number of aryl methyl sites for hydroxylation is 1. The maximum atomic E-state index is 12.5. The van der Waals surface area contributed by atoms with E-state index in [4.69, 9.17) is 4.74 Å². The molecule has 0 unspecified atom stereocenters. The summed E-state index contributed by atoms with van der Waals surface area (Å²) in [5.41, 5.74) is 3.52. The van der Waals surface area contributed by atoms with Crippen molar-refractivity contribution in [2.75, 3.05) is 25.1 Å². The number of quaternary nitrogens is 1. The molecule has 0 saturated carbocycles. The molecule has 0 bridgehead atoms. The van der Waals surface area contributed by atoms with Crippen molar-refractivity contribution in [3.05, 3.63) is 59.7 Å². The molecule has 2 aromatic carbocycles. The molecular formula is C19H23N2O2+. The Morgan fingerprint density at radius 2 is 2.09 bits per heavy atom. The summed E-state index contributed by atoms with van der Waals surface area (Å²) >= 11 is 0. The van der Waals surface area contributed by atoms with E-state index in [1.54, 1.807) is 7.11 Å². The molecule has 0 atom stereocenters. The van der Waals surface area contributed by atoms with Gasteiger partial charge >= 0.3 is 0 Å². The molecule has 1 aliphatic rings. The highest BCUT2D eigenvalue weighted by Crippen LogP contribution is 2.26. The first kappa shape index (κ1) is 15.6. The van der Waals surface area contributed by atoms with Crippen molar-refractivity contribution in [1.29, 1.82) is 0 Å². The van der Waals surface area contributed by atoms with Crippen LogP contribution in [0.4, 0.5) is 5.69 Å². The van der Waals surface area contributed by atoms with Gasteiger partial charge in [0.25, 0.3) is 5.91 Å². The zero-order chi connectivity index (χ0) is 16.1. The number of benzene rings is 2. The fraction of sp³-hybridized carbons (Fsp3) is 0.316. The van der Waals surface area contributed by atoms with Crippen LogP contribution < -0.4 is 15.0 Å². The molecule has 23 heavy (non-hydrogen) atoms. The minimum atomic E-state index is 0.181. The molecule has 2 aromatic rings. The summed E-state index contributed by atoms with van der Waals surface area (Å²) in [5.74, 6) is 1.03. The van der Waals surface area contributed by atoms with E-state index in [0.717, 1.165) is 42.9 Å². The van der Waals surface area contributed by atoms with E-state index in [9.17, 15) is 4.79 Å². The van der Waals surface area contributed by atoms with E-state index in [-0.39, 0.29) is 5.91 Å². The molecule has 0 spiro atoms. The molecule has 120 valence electrons. The Labute approximate surface area is 137 Å². The number of hydrogen-bond acceptors (Lipinski definition) is 2. The van der Waals surface area contributed by atoms with Gasteiger partial charge in [-0.2, -0.15) is 0 Å². The molecule has 1 amide bonds. The van der Waals surface area contributed by atoms with Crippen LogP contribution in [0.2, 0.25) is 0 Å². The number of nitrogens with zero attached hydrogens (tertiary/aromatic N) is 1. The Hall–Kier alpha value is -2.33. The van der Waals surface area contributed by atoms with E-state index < -0.39 is 0 Å². The highest BCUT2D eigenvalue weighted by atomic mass is 16.5. The van der Waals surface area contributed by atoms with Crippen molar-refractivity contribution >= 4 is 11.6 Å². The van der Waals surface area contributed by atoms with Crippen molar-refractivity contribution < 1.29 is 14.8 Å². The van der Waals surface area contributed by atoms with Gasteiger partial charge in [0.2, 0.25) is 0 Å². The molecule has 1 aliphatic heterocycles. The van der Waals surface area contributed by atoms with Crippen LogP contribution in [-0.4, -0.2) is 26.1 Å². The second-order valence-corrected chi connectivity index (χ2v) is 5.83. The number of methoxy groups -OCH3 is 1. The molecule has 2 N–H and O–H groups in total. The number of carbonyl (C=O) groups is 1. The van der Waals surface area contributed by atoms with Crippen LogP contribution in [0.15, 0.2) is 48.5 Å². The standard InChI is InChI=1S/C19H22N2O2/c1-23-17-9-4-6-15(12-17)13-20-14-19(22)21-11-5-8-16-7-2-3-10-18(16)21/h2-4,6-7,9-10,12,20H,5,8,11,13-14H2,1H3/p+1. The van der Waals surface area contributed by atoms with Crippen LogP contribution in [0.5, 0.6) is 5.75 Å². The van der Waals surface area contributed by atoms with Crippen molar-refractivity contribution in [2.24, 2.45) is 0 Å². The smallest absolute Gasteiger partial charge is 0.282 e. The number of para-hydroxylation sites is 1. The number of nitrogens with two attached hydrogens (primary N) is 1. The zero-order valence-electron chi connectivity index (χ0n) is 13.5. The Morgan fingerprint density at radius 3 is 2.96 bits per heavy atom. The number of rotatable bonds is 5. The van der Waals surface area contributed by atoms with Crippen LogP contribution in [0.3, 0.4) is 0 Å². The van der Waals surface area contributed by atoms with E-state index in [1.165, 1.54) is 5.56 Å². The Bertz CT molecular complexity index is 685. The van der Waals surface area contributed by atoms with E-state index >= 15 is 0 Å². The van der Waals surface area contributed by atoms with Gasteiger partial charge in [0.05, 0.1) is 7.11 Å². The number of fused-ring (bicyclic) bond motifs is 1. The molecule has 4 nitrogen and oxygen atoms in total. The number of hydrogen-bond donors (Lipinski definition) is 1. The molecule has 0 radical (unpaired) electrons. The fourth-order valence-electron chi connectivity index (χ4n) is 3.06. The summed E-state index contributed by atoms with van der Waals surface area (Å²) in [4.78, 5) is 14.5. The van der Waals surface area contributed by atoms with Gasteiger partial charge < -0.3 is 15.0 Å². The first-order chi connectivity index (χ1) is 11.3. The van der Waals surface area contributed by atoms with Gasteiger partial charge in [-0.25, -0.2) is 0 Å². The Kier molecular flexibility index (Phi) is 4.93. The summed E-state index contributed by atoms with van der Waals surface area (Å²) in [5, 5.41) is 2.05. The molecule has 3 rings (SSSR count). The molecule has 0 aromatic heterocycles. The monoisotopic (exact) mass is 311 g/mol. The van der Waals surface area contributed by atoms with Gasteiger partial charge in [-0.3, -0.25) is 4.79 Å². The second-order valence-electron chi connectivity index (χ2n) is 5.83. The van der Waals surface area contributed by atoms with Crippen LogP contribution in [0, 0.1) is 0 Å². The normalized spacial score (nSPS) is 13.5. The maximum Gasteiger partial charge on any atom is 0.282 e. The summed E-state index contributed by atoms with van der Waals surface area (Å²) in [6, 6.07) is 16.2. The van der Waals surface area contributed by atoms with E-state index in [0.29, 0.717) is 6.54 Å². The van der Waals surface area contributed by atoms with Gasteiger partial charge in [-0.1, -0.05) is 30.3 Å². The number of ether oxygens (including phenoxy) is 1. The summed E-state index contributed by atoms with van der Waals surface area (Å²) in [7, 11) is 1.67. The third kappa shape index (κ3) is 3.71. The van der Waals surface area contributed by atoms with E-state index in [1.807, 2.05) is 40.5 Å².